The average Bonchev–Trinajstić information content (AvgIpc) is 2.70. The molecule has 0 aliphatic carbocycles. The van der Waals surface area contributed by atoms with Gasteiger partial charge in [0.25, 0.3) is 5.91 Å². The summed E-state index contributed by atoms with van der Waals surface area (Å²) in [4.78, 5) is 13.2. The molecule has 1 unspecified atom stereocenters. The van der Waals surface area contributed by atoms with Gasteiger partial charge in [-0.2, -0.15) is 4.31 Å². The zero-order valence-electron chi connectivity index (χ0n) is 18.5. The Morgan fingerprint density at radius 2 is 1.63 bits per heavy atom. The minimum absolute atomic E-state index is 0.181. The first-order valence-electron chi connectivity index (χ1n) is 10.6. The summed E-state index contributed by atoms with van der Waals surface area (Å²) < 4.78 is 27.7. The summed E-state index contributed by atoms with van der Waals surface area (Å²) >= 11 is 0. The van der Waals surface area contributed by atoms with Crippen LogP contribution in [0.2, 0.25) is 0 Å². The number of carbonyl (C=O) groups excluding carboxylic acids is 1. The Bertz CT molecular complexity index is 1040. The van der Waals surface area contributed by atoms with E-state index in [1.165, 1.54) is 21.5 Å². The fraction of sp³-hybridized carbons (Fsp3) is 0.458. The van der Waals surface area contributed by atoms with Gasteiger partial charge in [-0.25, -0.2) is 8.42 Å². The van der Waals surface area contributed by atoms with E-state index in [0.29, 0.717) is 24.6 Å². The van der Waals surface area contributed by atoms with E-state index >= 15 is 0 Å². The number of benzene rings is 2. The lowest BCUT2D eigenvalue weighted by atomic mass is 10.0. The van der Waals surface area contributed by atoms with Crippen molar-refractivity contribution in [2.24, 2.45) is 5.92 Å². The highest BCUT2D eigenvalue weighted by molar-refractivity contribution is 7.89. The normalized spacial score (nSPS) is 17.0. The fourth-order valence-corrected chi connectivity index (χ4v) is 5.27. The van der Waals surface area contributed by atoms with Crippen LogP contribution in [0.15, 0.2) is 41.3 Å². The number of amides is 1. The van der Waals surface area contributed by atoms with Gasteiger partial charge in [-0.05, 0) is 80.8 Å². The molecule has 1 saturated heterocycles. The molecule has 0 aromatic heterocycles. The Hall–Kier alpha value is -2.18. The average molecular weight is 429 g/mol. The predicted octanol–water partition coefficient (Wildman–Crippen LogP) is 4.52. The summed E-state index contributed by atoms with van der Waals surface area (Å²) in [5.41, 5.74) is 4.56. The molecule has 1 N–H and O–H groups in total. The zero-order valence-corrected chi connectivity index (χ0v) is 19.3. The van der Waals surface area contributed by atoms with Crippen LogP contribution in [-0.2, 0) is 10.0 Å². The van der Waals surface area contributed by atoms with E-state index in [1.807, 2.05) is 32.9 Å². The molecule has 2 aromatic carbocycles. The number of rotatable bonds is 5. The van der Waals surface area contributed by atoms with Crippen molar-refractivity contribution >= 4 is 15.9 Å². The van der Waals surface area contributed by atoms with Crippen molar-refractivity contribution in [1.82, 2.24) is 9.62 Å². The molecule has 1 aliphatic heterocycles. The summed E-state index contributed by atoms with van der Waals surface area (Å²) in [5.74, 6) is 0.283. The van der Waals surface area contributed by atoms with E-state index in [4.69, 9.17) is 0 Å². The molecule has 1 atom stereocenters. The number of carbonyl (C=O) groups is 1. The monoisotopic (exact) mass is 428 g/mol. The van der Waals surface area contributed by atoms with Crippen LogP contribution in [-0.4, -0.2) is 31.7 Å². The Labute approximate surface area is 180 Å². The molecular formula is C24H32N2O3S. The Kier molecular flexibility index (Phi) is 6.68. The maximum atomic E-state index is 13.1. The summed E-state index contributed by atoms with van der Waals surface area (Å²) in [5, 5.41) is 3.02. The lowest BCUT2D eigenvalue weighted by Gasteiger charge is -2.29. The van der Waals surface area contributed by atoms with E-state index in [2.05, 4.69) is 25.2 Å². The molecule has 3 rings (SSSR count). The Morgan fingerprint density at radius 1 is 1.00 bits per heavy atom. The van der Waals surface area contributed by atoms with Crippen LogP contribution in [0.25, 0.3) is 0 Å². The molecule has 2 aromatic rings. The summed E-state index contributed by atoms with van der Waals surface area (Å²) in [6, 6.07) is 10.8. The van der Waals surface area contributed by atoms with Gasteiger partial charge in [-0.15, -0.1) is 0 Å². The van der Waals surface area contributed by atoms with Gasteiger partial charge >= 0.3 is 0 Å². The Balaban J connectivity index is 1.82. The molecule has 6 heteroatoms. The van der Waals surface area contributed by atoms with Gasteiger partial charge in [0.2, 0.25) is 10.0 Å². The van der Waals surface area contributed by atoms with E-state index in [1.54, 1.807) is 12.1 Å². The van der Waals surface area contributed by atoms with Gasteiger partial charge in [-0.3, -0.25) is 4.79 Å². The first-order chi connectivity index (χ1) is 14.1. The predicted molar refractivity (Wildman–Crippen MR) is 120 cm³/mol. The van der Waals surface area contributed by atoms with Gasteiger partial charge in [-0.1, -0.05) is 31.2 Å². The van der Waals surface area contributed by atoms with Crippen molar-refractivity contribution in [3.8, 4) is 0 Å². The van der Waals surface area contributed by atoms with Gasteiger partial charge in [0, 0.05) is 18.7 Å². The van der Waals surface area contributed by atoms with Crippen LogP contribution >= 0.6 is 0 Å². The third kappa shape index (κ3) is 4.76. The first kappa shape index (κ1) is 22.5. The number of piperidine rings is 1. The smallest absolute Gasteiger partial charge is 0.252 e. The molecule has 1 aliphatic rings. The second-order valence-electron chi connectivity index (χ2n) is 8.60. The third-order valence-corrected chi connectivity index (χ3v) is 8.11. The third-order valence-electron chi connectivity index (χ3n) is 6.21. The van der Waals surface area contributed by atoms with E-state index < -0.39 is 10.0 Å². The minimum atomic E-state index is -3.60. The fourth-order valence-electron chi connectivity index (χ4n) is 3.77. The molecule has 1 fully saturated rings. The highest BCUT2D eigenvalue weighted by Crippen LogP contribution is 2.25. The highest BCUT2D eigenvalue weighted by atomic mass is 32.2. The minimum Gasteiger partial charge on any atom is -0.346 e. The van der Waals surface area contributed by atoms with Crippen LogP contribution in [0.3, 0.4) is 0 Å². The zero-order chi connectivity index (χ0) is 22.1. The lowest BCUT2D eigenvalue weighted by Crippen LogP contribution is -2.38. The number of nitrogens with zero attached hydrogens (tertiary/aromatic N) is 1. The number of nitrogens with one attached hydrogen (secondary N) is 1. The van der Waals surface area contributed by atoms with Crippen molar-refractivity contribution in [2.75, 3.05) is 13.1 Å². The maximum absolute atomic E-state index is 13.1. The highest BCUT2D eigenvalue weighted by Gasteiger charge is 2.29. The molecule has 0 bridgehead atoms. The molecule has 30 heavy (non-hydrogen) atoms. The SMILES string of the molecule is Cc1ccc(C(C)NC(=O)c2cc(S(=O)(=O)N3CCC(C)CC3)ccc2C)cc1C. The van der Waals surface area contributed by atoms with Crippen LogP contribution in [0.4, 0.5) is 0 Å². The standard InChI is InChI=1S/C24H32N2O3S/c1-16-10-12-26(13-11-16)30(28,29)22-9-7-18(3)23(15-22)24(27)25-20(5)21-8-6-17(2)19(4)14-21/h6-9,14-16,20H,10-13H2,1-5H3,(H,25,27). The topological polar surface area (TPSA) is 66.5 Å². The molecular weight excluding hydrogens is 396 g/mol. The summed E-state index contributed by atoms with van der Waals surface area (Å²) in [7, 11) is -3.60. The van der Waals surface area contributed by atoms with Gasteiger partial charge in [0.1, 0.15) is 0 Å². The van der Waals surface area contributed by atoms with Crippen molar-refractivity contribution in [3.63, 3.8) is 0 Å². The molecule has 1 amide bonds. The molecule has 0 radical (unpaired) electrons. The Morgan fingerprint density at radius 3 is 2.27 bits per heavy atom. The van der Waals surface area contributed by atoms with E-state index in [-0.39, 0.29) is 16.8 Å². The number of hydrogen-bond acceptors (Lipinski definition) is 3. The van der Waals surface area contributed by atoms with Crippen molar-refractivity contribution in [1.29, 1.82) is 0 Å². The van der Waals surface area contributed by atoms with E-state index in [0.717, 1.165) is 24.0 Å². The second-order valence-corrected chi connectivity index (χ2v) is 10.5. The van der Waals surface area contributed by atoms with Gasteiger partial charge in [0.05, 0.1) is 10.9 Å². The maximum Gasteiger partial charge on any atom is 0.252 e. The largest absolute Gasteiger partial charge is 0.346 e. The molecule has 0 spiro atoms. The lowest BCUT2D eigenvalue weighted by molar-refractivity contribution is 0.0939. The summed E-state index contributed by atoms with van der Waals surface area (Å²) in [6.45, 7) is 11.1. The summed E-state index contributed by atoms with van der Waals surface area (Å²) in [6.07, 6.45) is 1.73. The van der Waals surface area contributed by atoms with Gasteiger partial charge < -0.3 is 5.32 Å². The van der Waals surface area contributed by atoms with Crippen LogP contribution in [0, 0.1) is 26.7 Å². The first-order valence-corrected chi connectivity index (χ1v) is 12.0. The molecule has 162 valence electrons. The quantitative estimate of drug-likeness (QED) is 0.761. The molecule has 1 heterocycles. The van der Waals surface area contributed by atoms with E-state index in [9.17, 15) is 13.2 Å². The number of hydrogen-bond donors (Lipinski definition) is 1. The van der Waals surface area contributed by atoms with Crippen LogP contribution in [0.1, 0.15) is 65.3 Å². The van der Waals surface area contributed by atoms with Crippen molar-refractivity contribution in [3.05, 3.63) is 64.2 Å². The van der Waals surface area contributed by atoms with Gasteiger partial charge in [0.15, 0.2) is 0 Å². The second kappa shape index (κ2) is 8.90. The number of aryl methyl sites for hydroxylation is 3. The molecule has 0 saturated carbocycles. The number of sulfonamides is 1. The van der Waals surface area contributed by atoms with Crippen molar-refractivity contribution < 1.29 is 13.2 Å². The van der Waals surface area contributed by atoms with Crippen LogP contribution < -0.4 is 5.32 Å². The van der Waals surface area contributed by atoms with Crippen molar-refractivity contribution in [2.45, 2.75) is 58.4 Å². The van der Waals surface area contributed by atoms with Crippen LogP contribution in [0.5, 0.6) is 0 Å². The molecule has 5 nitrogen and oxygen atoms in total.